The van der Waals surface area contributed by atoms with Gasteiger partial charge in [-0.15, -0.1) is 11.6 Å². The number of para-hydroxylation sites is 1. The van der Waals surface area contributed by atoms with E-state index in [2.05, 4.69) is 5.32 Å². The van der Waals surface area contributed by atoms with Crippen molar-refractivity contribution < 1.29 is 0 Å². The Bertz CT molecular complexity index is 345. The SMILES string of the molecule is C/C(=C\Cl)CNc1ccccc1C(C)Cl. The van der Waals surface area contributed by atoms with Crippen LogP contribution in [0.1, 0.15) is 24.8 Å². The topological polar surface area (TPSA) is 12.0 Å². The van der Waals surface area contributed by atoms with E-state index in [-0.39, 0.29) is 5.38 Å². The van der Waals surface area contributed by atoms with Crippen LogP contribution in [0, 0.1) is 0 Å². The minimum absolute atomic E-state index is 0.00832. The Morgan fingerprint density at radius 2 is 2.13 bits per heavy atom. The van der Waals surface area contributed by atoms with E-state index in [4.69, 9.17) is 23.2 Å². The van der Waals surface area contributed by atoms with Crippen molar-refractivity contribution >= 4 is 28.9 Å². The summed E-state index contributed by atoms with van der Waals surface area (Å²) in [6.45, 7) is 4.68. The highest BCUT2D eigenvalue weighted by Crippen LogP contribution is 2.27. The fraction of sp³-hybridized carbons (Fsp3) is 0.333. The average molecular weight is 244 g/mol. The molecule has 1 unspecified atom stereocenters. The predicted molar refractivity (Wildman–Crippen MR) is 68.8 cm³/mol. The highest BCUT2D eigenvalue weighted by atomic mass is 35.5. The number of rotatable bonds is 4. The summed E-state index contributed by atoms with van der Waals surface area (Å²) in [4.78, 5) is 0. The number of alkyl halides is 1. The van der Waals surface area contributed by atoms with Crippen molar-refractivity contribution in [3.8, 4) is 0 Å². The van der Waals surface area contributed by atoms with Gasteiger partial charge >= 0.3 is 0 Å². The molecular formula is C12H15Cl2N. The van der Waals surface area contributed by atoms with Crippen LogP contribution < -0.4 is 5.32 Å². The first kappa shape index (κ1) is 12.4. The number of benzene rings is 1. The van der Waals surface area contributed by atoms with Gasteiger partial charge in [-0.1, -0.05) is 29.8 Å². The van der Waals surface area contributed by atoms with Gasteiger partial charge in [-0.3, -0.25) is 0 Å². The van der Waals surface area contributed by atoms with Gasteiger partial charge < -0.3 is 5.32 Å². The lowest BCUT2D eigenvalue weighted by molar-refractivity contribution is 1.07. The zero-order valence-electron chi connectivity index (χ0n) is 8.93. The van der Waals surface area contributed by atoms with Crippen molar-refractivity contribution in [2.45, 2.75) is 19.2 Å². The molecule has 0 aliphatic heterocycles. The highest BCUT2D eigenvalue weighted by molar-refractivity contribution is 6.25. The molecule has 0 aliphatic rings. The fourth-order valence-corrected chi connectivity index (χ4v) is 1.55. The first-order chi connectivity index (χ1) is 7.15. The van der Waals surface area contributed by atoms with Crippen molar-refractivity contribution in [2.75, 3.05) is 11.9 Å². The molecule has 1 atom stereocenters. The summed E-state index contributed by atoms with van der Waals surface area (Å²) in [7, 11) is 0. The van der Waals surface area contributed by atoms with E-state index in [0.717, 1.165) is 23.4 Å². The van der Waals surface area contributed by atoms with E-state index in [1.807, 2.05) is 38.1 Å². The van der Waals surface area contributed by atoms with Crippen LogP contribution in [0.15, 0.2) is 35.4 Å². The Balaban J connectivity index is 2.76. The lowest BCUT2D eigenvalue weighted by Gasteiger charge is -2.13. The number of anilines is 1. The van der Waals surface area contributed by atoms with Crippen molar-refractivity contribution in [3.05, 3.63) is 40.9 Å². The molecule has 1 aromatic rings. The van der Waals surface area contributed by atoms with Crippen LogP contribution in [-0.4, -0.2) is 6.54 Å². The average Bonchev–Trinajstić information content (AvgIpc) is 2.26. The van der Waals surface area contributed by atoms with Gasteiger partial charge in [0.05, 0.1) is 5.38 Å². The summed E-state index contributed by atoms with van der Waals surface area (Å²) in [5.74, 6) is 0. The second kappa shape index (κ2) is 6.04. The molecule has 1 N–H and O–H groups in total. The number of hydrogen-bond acceptors (Lipinski definition) is 1. The van der Waals surface area contributed by atoms with E-state index in [1.165, 1.54) is 0 Å². The lowest BCUT2D eigenvalue weighted by atomic mass is 10.1. The molecule has 15 heavy (non-hydrogen) atoms. The van der Waals surface area contributed by atoms with Gasteiger partial charge in [0.1, 0.15) is 0 Å². The summed E-state index contributed by atoms with van der Waals surface area (Å²) < 4.78 is 0. The Labute approximate surface area is 101 Å². The maximum absolute atomic E-state index is 6.08. The van der Waals surface area contributed by atoms with Crippen LogP contribution in [0.4, 0.5) is 5.69 Å². The van der Waals surface area contributed by atoms with Gasteiger partial charge in [0.2, 0.25) is 0 Å². The molecule has 0 heterocycles. The molecule has 3 heteroatoms. The zero-order valence-corrected chi connectivity index (χ0v) is 10.4. The highest BCUT2D eigenvalue weighted by Gasteiger charge is 2.06. The molecule has 1 nitrogen and oxygen atoms in total. The van der Waals surface area contributed by atoms with E-state index in [1.54, 1.807) is 5.54 Å². The Hall–Kier alpha value is -0.660. The first-order valence-electron chi connectivity index (χ1n) is 4.88. The molecule has 1 aromatic carbocycles. The molecule has 0 radical (unpaired) electrons. The standard InChI is InChI=1S/C12H15Cl2N/c1-9(7-13)8-15-12-6-4-3-5-11(12)10(2)14/h3-7,10,15H,8H2,1-2H3/b9-7+. The number of nitrogens with one attached hydrogen (secondary N) is 1. The molecule has 0 bridgehead atoms. The molecule has 1 rings (SSSR count). The predicted octanol–water partition coefficient (Wildman–Crippen LogP) is 4.54. The van der Waals surface area contributed by atoms with Gasteiger partial charge in [0.25, 0.3) is 0 Å². The van der Waals surface area contributed by atoms with Crippen LogP contribution in [0.25, 0.3) is 0 Å². The molecule has 0 amide bonds. The lowest BCUT2D eigenvalue weighted by Crippen LogP contribution is -2.05. The van der Waals surface area contributed by atoms with Gasteiger partial charge in [0.15, 0.2) is 0 Å². The first-order valence-corrected chi connectivity index (χ1v) is 5.75. The van der Waals surface area contributed by atoms with Gasteiger partial charge in [-0.2, -0.15) is 0 Å². The zero-order chi connectivity index (χ0) is 11.3. The van der Waals surface area contributed by atoms with Crippen molar-refractivity contribution in [2.24, 2.45) is 0 Å². The molecule has 0 saturated carbocycles. The van der Waals surface area contributed by atoms with E-state index >= 15 is 0 Å². The molecule has 0 aliphatic carbocycles. The summed E-state index contributed by atoms with van der Waals surface area (Å²) in [6.07, 6.45) is 0. The molecular weight excluding hydrogens is 229 g/mol. The van der Waals surface area contributed by atoms with Crippen LogP contribution in [0.3, 0.4) is 0 Å². The van der Waals surface area contributed by atoms with Crippen molar-refractivity contribution in [3.63, 3.8) is 0 Å². The summed E-state index contributed by atoms with van der Waals surface area (Å²) >= 11 is 11.7. The molecule has 0 saturated heterocycles. The second-order valence-corrected chi connectivity index (χ2v) is 4.39. The smallest absolute Gasteiger partial charge is 0.0577 e. The van der Waals surface area contributed by atoms with Gasteiger partial charge in [0, 0.05) is 17.8 Å². The maximum atomic E-state index is 6.08. The second-order valence-electron chi connectivity index (χ2n) is 3.51. The van der Waals surface area contributed by atoms with Crippen molar-refractivity contribution in [1.82, 2.24) is 0 Å². The Morgan fingerprint density at radius 3 is 2.73 bits per heavy atom. The molecule has 0 spiro atoms. The Morgan fingerprint density at radius 1 is 1.47 bits per heavy atom. The summed E-state index contributed by atoms with van der Waals surface area (Å²) in [5, 5.41) is 3.32. The maximum Gasteiger partial charge on any atom is 0.0577 e. The summed E-state index contributed by atoms with van der Waals surface area (Å²) in [6, 6.07) is 8.03. The van der Waals surface area contributed by atoms with E-state index < -0.39 is 0 Å². The van der Waals surface area contributed by atoms with Crippen LogP contribution >= 0.6 is 23.2 Å². The van der Waals surface area contributed by atoms with Crippen LogP contribution in [0.2, 0.25) is 0 Å². The molecule has 0 fully saturated rings. The third-order valence-corrected chi connectivity index (χ3v) is 2.74. The van der Waals surface area contributed by atoms with Crippen LogP contribution in [-0.2, 0) is 0 Å². The minimum Gasteiger partial charge on any atom is -0.381 e. The molecule has 0 aromatic heterocycles. The summed E-state index contributed by atoms with van der Waals surface area (Å²) in [5.41, 5.74) is 4.85. The van der Waals surface area contributed by atoms with E-state index in [9.17, 15) is 0 Å². The largest absolute Gasteiger partial charge is 0.381 e. The Kier molecular flexibility index (Phi) is 5.00. The van der Waals surface area contributed by atoms with E-state index in [0.29, 0.717) is 0 Å². The fourth-order valence-electron chi connectivity index (χ4n) is 1.28. The quantitative estimate of drug-likeness (QED) is 0.766. The third kappa shape index (κ3) is 3.77. The normalized spacial score (nSPS) is 13.7. The third-order valence-electron chi connectivity index (χ3n) is 2.13. The molecule has 82 valence electrons. The van der Waals surface area contributed by atoms with Gasteiger partial charge in [-0.05, 0) is 31.1 Å². The number of halogens is 2. The monoisotopic (exact) mass is 243 g/mol. The minimum atomic E-state index is 0.00832. The van der Waals surface area contributed by atoms with Gasteiger partial charge in [-0.25, -0.2) is 0 Å². The number of hydrogen-bond donors (Lipinski definition) is 1. The van der Waals surface area contributed by atoms with Crippen molar-refractivity contribution in [1.29, 1.82) is 0 Å². The van der Waals surface area contributed by atoms with Crippen LogP contribution in [0.5, 0.6) is 0 Å².